The number of nitrogens with zero attached hydrogens (tertiary/aromatic N) is 2. The van der Waals surface area contributed by atoms with Crippen molar-refractivity contribution in [2.75, 3.05) is 0 Å². The summed E-state index contributed by atoms with van der Waals surface area (Å²) in [4.78, 5) is 12.1. The fourth-order valence-electron chi connectivity index (χ4n) is 3.06. The maximum Gasteiger partial charge on any atom is 0.244 e. The van der Waals surface area contributed by atoms with Crippen molar-refractivity contribution >= 4 is 12.0 Å². The van der Waals surface area contributed by atoms with Crippen LogP contribution in [0.25, 0.3) is 11.8 Å². The van der Waals surface area contributed by atoms with Gasteiger partial charge in [0.25, 0.3) is 0 Å². The standard InChI is InChI=1S/C19H21N3O/c23-18(21-19(15-7-8-15)16-9-10-16)11-6-14-12-20-22(13-14)17-4-2-1-3-5-17/h1-6,11-13,15-16,19H,7-10H2,(H,21,23)/b11-6+. The highest BCUT2D eigenvalue weighted by Gasteiger charge is 2.41. The lowest BCUT2D eigenvalue weighted by Crippen LogP contribution is -2.37. The summed E-state index contributed by atoms with van der Waals surface area (Å²) < 4.78 is 1.81. The van der Waals surface area contributed by atoms with Crippen molar-refractivity contribution < 1.29 is 4.79 Å². The number of hydrogen-bond acceptors (Lipinski definition) is 2. The fraction of sp³-hybridized carbons (Fsp3) is 0.368. The summed E-state index contributed by atoms with van der Waals surface area (Å²) in [5, 5.41) is 7.53. The molecule has 2 aromatic rings. The van der Waals surface area contributed by atoms with Crippen molar-refractivity contribution in [3.05, 3.63) is 54.4 Å². The van der Waals surface area contributed by atoms with Gasteiger partial charge in [0.2, 0.25) is 5.91 Å². The fourth-order valence-corrected chi connectivity index (χ4v) is 3.06. The number of rotatable bonds is 6. The third-order valence-corrected chi connectivity index (χ3v) is 4.62. The molecule has 1 aromatic heterocycles. The molecule has 4 heteroatoms. The summed E-state index contributed by atoms with van der Waals surface area (Å²) in [5.41, 5.74) is 1.94. The van der Waals surface area contributed by atoms with Crippen molar-refractivity contribution in [3.63, 3.8) is 0 Å². The van der Waals surface area contributed by atoms with Crippen molar-refractivity contribution in [2.24, 2.45) is 11.8 Å². The summed E-state index contributed by atoms with van der Waals surface area (Å²) in [7, 11) is 0. The Hall–Kier alpha value is -2.36. The lowest BCUT2D eigenvalue weighted by molar-refractivity contribution is -0.117. The van der Waals surface area contributed by atoms with Crippen LogP contribution in [0.5, 0.6) is 0 Å². The van der Waals surface area contributed by atoms with E-state index in [1.54, 1.807) is 12.3 Å². The predicted octanol–water partition coefficient (Wildman–Crippen LogP) is 3.19. The van der Waals surface area contributed by atoms with E-state index in [1.165, 1.54) is 25.7 Å². The molecule has 4 rings (SSSR count). The second-order valence-corrected chi connectivity index (χ2v) is 6.60. The topological polar surface area (TPSA) is 46.9 Å². The van der Waals surface area contributed by atoms with Crippen molar-refractivity contribution in [3.8, 4) is 5.69 Å². The summed E-state index contributed by atoms with van der Waals surface area (Å²) in [6, 6.07) is 10.4. The highest BCUT2D eigenvalue weighted by Crippen LogP contribution is 2.44. The molecular formula is C19H21N3O. The average molecular weight is 307 g/mol. The number of benzene rings is 1. The van der Waals surface area contributed by atoms with Crippen molar-refractivity contribution in [1.29, 1.82) is 0 Å². The Morgan fingerprint density at radius 1 is 1.17 bits per heavy atom. The molecule has 2 aliphatic carbocycles. The van der Waals surface area contributed by atoms with E-state index in [0.717, 1.165) is 23.1 Å². The van der Waals surface area contributed by atoms with E-state index in [2.05, 4.69) is 10.4 Å². The molecule has 2 fully saturated rings. The van der Waals surface area contributed by atoms with E-state index >= 15 is 0 Å². The first kappa shape index (κ1) is 14.2. The number of nitrogens with one attached hydrogen (secondary N) is 1. The van der Waals surface area contributed by atoms with E-state index in [9.17, 15) is 4.79 Å². The van der Waals surface area contributed by atoms with Crippen LogP contribution in [-0.4, -0.2) is 21.7 Å². The molecule has 118 valence electrons. The molecule has 0 saturated heterocycles. The average Bonchev–Trinajstić information content (AvgIpc) is 3.50. The lowest BCUT2D eigenvalue weighted by atomic mass is 10.1. The van der Waals surface area contributed by atoms with E-state index in [-0.39, 0.29) is 5.91 Å². The number of carbonyl (C=O) groups is 1. The highest BCUT2D eigenvalue weighted by molar-refractivity contribution is 5.91. The molecule has 0 aliphatic heterocycles. The molecule has 23 heavy (non-hydrogen) atoms. The predicted molar refractivity (Wildman–Crippen MR) is 90.0 cm³/mol. The van der Waals surface area contributed by atoms with Crippen LogP contribution in [0.3, 0.4) is 0 Å². The maximum atomic E-state index is 12.1. The zero-order valence-corrected chi connectivity index (χ0v) is 13.1. The maximum absolute atomic E-state index is 12.1. The highest BCUT2D eigenvalue weighted by atomic mass is 16.1. The second kappa shape index (κ2) is 6.03. The third kappa shape index (κ3) is 3.52. The van der Waals surface area contributed by atoms with E-state index in [0.29, 0.717) is 6.04 Å². The van der Waals surface area contributed by atoms with Crippen LogP contribution in [0.1, 0.15) is 31.2 Å². The van der Waals surface area contributed by atoms with Crippen LogP contribution in [0.4, 0.5) is 0 Å². The van der Waals surface area contributed by atoms with Crippen LogP contribution in [-0.2, 0) is 4.79 Å². The SMILES string of the molecule is O=C(/C=C/c1cnn(-c2ccccc2)c1)NC(C1CC1)C1CC1. The van der Waals surface area contributed by atoms with Gasteiger partial charge >= 0.3 is 0 Å². The van der Waals surface area contributed by atoms with Crippen LogP contribution >= 0.6 is 0 Å². The largest absolute Gasteiger partial charge is 0.349 e. The summed E-state index contributed by atoms with van der Waals surface area (Å²) >= 11 is 0. The molecule has 2 saturated carbocycles. The second-order valence-electron chi connectivity index (χ2n) is 6.60. The Balaban J connectivity index is 1.38. The summed E-state index contributed by atoms with van der Waals surface area (Å²) in [6.45, 7) is 0. The van der Waals surface area contributed by atoms with Gasteiger partial charge in [0.05, 0.1) is 11.9 Å². The molecule has 0 atom stereocenters. The van der Waals surface area contributed by atoms with Gasteiger partial charge < -0.3 is 5.32 Å². The minimum absolute atomic E-state index is 0.0151. The van der Waals surface area contributed by atoms with Crippen LogP contribution < -0.4 is 5.32 Å². The first-order valence-electron chi connectivity index (χ1n) is 8.38. The Morgan fingerprint density at radius 2 is 1.87 bits per heavy atom. The van der Waals surface area contributed by atoms with Gasteiger partial charge in [0.15, 0.2) is 0 Å². The molecule has 1 aromatic carbocycles. The van der Waals surface area contributed by atoms with Crippen LogP contribution in [0.15, 0.2) is 48.8 Å². The molecule has 1 amide bonds. The quantitative estimate of drug-likeness (QED) is 0.833. The van der Waals surface area contributed by atoms with Gasteiger partial charge in [0.1, 0.15) is 0 Å². The number of aromatic nitrogens is 2. The van der Waals surface area contributed by atoms with Crippen LogP contribution in [0, 0.1) is 11.8 Å². The zero-order chi connectivity index (χ0) is 15.6. The number of carbonyl (C=O) groups excluding carboxylic acids is 1. The molecule has 0 bridgehead atoms. The minimum Gasteiger partial charge on any atom is -0.349 e. The lowest BCUT2D eigenvalue weighted by Gasteiger charge is -2.16. The first-order chi connectivity index (χ1) is 11.3. The Morgan fingerprint density at radius 3 is 2.52 bits per heavy atom. The molecule has 2 aliphatic rings. The summed E-state index contributed by atoms with van der Waals surface area (Å²) in [6.07, 6.45) is 12.3. The van der Waals surface area contributed by atoms with Gasteiger partial charge in [-0.25, -0.2) is 4.68 Å². The smallest absolute Gasteiger partial charge is 0.244 e. The zero-order valence-electron chi connectivity index (χ0n) is 13.1. The van der Waals surface area contributed by atoms with Gasteiger partial charge in [-0.15, -0.1) is 0 Å². The minimum atomic E-state index is 0.0151. The van der Waals surface area contributed by atoms with E-state index < -0.39 is 0 Å². The molecule has 1 N–H and O–H groups in total. The molecular weight excluding hydrogens is 286 g/mol. The monoisotopic (exact) mass is 307 g/mol. The van der Waals surface area contributed by atoms with Crippen molar-refractivity contribution in [1.82, 2.24) is 15.1 Å². The molecule has 1 heterocycles. The van der Waals surface area contributed by atoms with E-state index in [4.69, 9.17) is 0 Å². The molecule has 0 unspecified atom stereocenters. The number of para-hydroxylation sites is 1. The van der Waals surface area contributed by atoms with Gasteiger partial charge in [-0.3, -0.25) is 4.79 Å². The normalized spacial score (nSPS) is 17.8. The van der Waals surface area contributed by atoms with Gasteiger partial charge in [0, 0.05) is 23.9 Å². The Labute approximate surface area is 136 Å². The molecule has 0 radical (unpaired) electrons. The third-order valence-electron chi connectivity index (χ3n) is 4.62. The number of amides is 1. The number of hydrogen-bond donors (Lipinski definition) is 1. The van der Waals surface area contributed by atoms with Crippen LogP contribution in [0.2, 0.25) is 0 Å². The Kier molecular flexibility index (Phi) is 3.74. The van der Waals surface area contributed by atoms with Gasteiger partial charge in [-0.2, -0.15) is 5.10 Å². The van der Waals surface area contributed by atoms with Gasteiger partial charge in [-0.1, -0.05) is 18.2 Å². The first-order valence-corrected chi connectivity index (χ1v) is 8.38. The summed E-state index contributed by atoms with van der Waals surface area (Å²) in [5.74, 6) is 1.46. The van der Waals surface area contributed by atoms with Gasteiger partial charge in [-0.05, 0) is 55.7 Å². The van der Waals surface area contributed by atoms with Crippen molar-refractivity contribution in [2.45, 2.75) is 31.7 Å². The Bertz CT molecular complexity index is 699. The molecule has 4 nitrogen and oxygen atoms in total. The molecule has 0 spiro atoms. The van der Waals surface area contributed by atoms with E-state index in [1.807, 2.05) is 47.3 Å².